The van der Waals surface area contributed by atoms with E-state index in [0.29, 0.717) is 16.9 Å². The van der Waals surface area contributed by atoms with Crippen LogP contribution in [0.5, 0.6) is 0 Å². The first-order valence-electron chi connectivity index (χ1n) is 7.10. The van der Waals surface area contributed by atoms with E-state index in [9.17, 15) is 9.90 Å². The second-order valence-corrected chi connectivity index (χ2v) is 7.25. The summed E-state index contributed by atoms with van der Waals surface area (Å²) >= 11 is 7.28. The molecule has 2 amide bonds. The van der Waals surface area contributed by atoms with Crippen LogP contribution in [0.2, 0.25) is 4.34 Å². The van der Waals surface area contributed by atoms with E-state index in [-0.39, 0.29) is 6.03 Å². The Labute approximate surface area is 134 Å². The number of nitrogens with one attached hydrogen (secondary N) is 1. The Morgan fingerprint density at radius 1 is 1.52 bits per heavy atom. The van der Waals surface area contributed by atoms with Crippen molar-refractivity contribution in [2.24, 2.45) is 0 Å². The van der Waals surface area contributed by atoms with Crippen molar-refractivity contribution in [1.82, 2.24) is 15.1 Å². The molecule has 2 rings (SSSR count). The van der Waals surface area contributed by atoms with Crippen LogP contribution in [0.1, 0.15) is 23.8 Å². The van der Waals surface area contributed by atoms with E-state index in [1.807, 2.05) is 11.0 Å². The monoisotopic (exact) mass is 331 g/mol. The Morgan fingerprint density at radius 3 is 2.71 bits per heavy atom. The fourth-order valence-electron chi connectivity index (χ4n) is 2.44. The number of urea groups is 1. The zero-order valence-corrected chi connectivity index (χ0v) is 14.0. The van der Waals surface area contributed by atoms with E-state index in [0.717, 1.165) is 30.8 Å². The summed E-state index contributed by atoms with van der Waals surface area (Å²) in [4.78, 5) is 16.2. The van der Waals surface area contributed by atoms with E-state index in [2.05, 4.69) is 5.32 Å². The van der Waals surface area contributed by atoms with E-state index in [4.69, 9.17) is 11.6 Å². The van der Waals surface area contributed by atoms with Crippen molar-refractivity contribution in [3.05, 3.63) is 21.3 Å². The molecule has 1 aliphatic heterocycles. The van der Waals surface area contributed by atoms with Crippen LogP contribution in [0.25, 0.3) is 0 Å². The number of aliphatic hydroxyl groups excluding tert-OH is 1. The van der Waals surface area contributed by atoms with Gasteiger partial charge in [-0.3, -0.25) is 0 Å². The van der Waals surface area contributed by atoms with Gasteiger partial charge in [0.1, 0.15) is 6.10 Å². The van der Waals surface area contributed by atoms with Crippen molar-refractivity contribution in [3.63, 3.8) is 0 Å². The number of piperidine rings is 1. The maximum atomic E-state index is 11.8. The number of hydrogen-bond donors (Lipinski definition) is 2. The average Bonchev–Trinajstić information content (AvgIpc) is 2.91. The molecule has 0 spiro atoms. The van der Waals surface area contributed by atoms with Crippen LogP contribution in [0.3, 0.4) is 0 Å². The van der Waals surface area contributed by atoms with Gasteiger partial charge in [0, 0.05) is 44.6 Å². The van der Waals surface area contributed by atoms with Gasteiger partial charge >= 0.3 is 6.03 Å². The molecule has 1 unspecified atom stereocenters. The lowest BCUT2D eigenvalue weighted by molar-refractivity contribution is 0.141. The van der Waals surface area contributed by atoms with Crippen LogP contribution in [-0.2, 0) is 0 Å². The molecule has 0 radical (unpaired) electrons. The molecule has 2 N–H and O–H groups in total. The molecular formula is C14H22ClN3O2S. The van der Waals surface area contributed by atoms with Crippen LogP contribution in [0.15, 0.2) is 12.1 Å². The molecule has 0 aliphatic carbocycles. The number of nitrogens with zero attached hydrogens (tertiary/aromatic N) is 2. The fourth-order valence-corrected chi connectivity index (χ4v) is 3.49. The van der Waals surface area contributed by atoms with Crippen molar-refractivity contribution in [1.29, 1.82) is 0 Å². The summed E-state index contributed by atoms with van der Waals surface area (Å²) in [5, 5.41) is 13.5. The highest BCUT2D eigenvalue weighted by Crippen LogP contribution is 2.26. The highest BCUT2D eigenvalue weighted by Gasteiger charge is 2.24. The van der Waals surface area contributed by atoms with Crippen LogP contribution in [0, 0.1) is 0 Å². The number of amides is 2. The summed E-state index contributed by atoms with van der Waals surface area (Å²) in [6, 6.07) is 4.08. The summed E-state index contributed by atoms with van der Waals surface area (Å²) in [5.74, 6) is 0. The van der Waals surface area contributed by atoms with Gasteiger partial charge in [-0.25, -0.2) is 4.79 Å². The van der Waals surface area contributed by atoms with Gasteiger partial charge in [0.2, 0.25) is 0 Å². The van der Waals surface area contributed by atoms with Crippen LogP contribution in [0.4, 0.5) is 4.79 Å². The lowest BCUT2D eigenvalue weighted by Gasteiger charge is -2.34. The Balaban J connectivity index is 1.73. The Kier molecular flexibility index (Phi) is 5.87. The van der Waals surface area contributed by atoms with E-state index in [1.54, 1.807) is 25.1 Å². The molecule has 2 heterocycles. The lowest BCUT2D eigenvalue weighted by atomic mass is 10.1. The first kappa shape index (κ1) is 16.5. The van der Waals surface area contributed by atoms with Crippen molar-refractivity contribution < 1.29 is 9.90 Å². The van der Waals surface area contributed by atoms with Crippen molar-refractivity contribution >= 4 is 29.0 Å². The summed E-state index contributed by atoms with van der Waals surface area (Å²) in [7, 11) is 3.55. The minimum atomic E-state index is -0.524. The van der Waals surface area contributed by atoms with Gasteiger partial charge in [0.05, 0.1) is 4.34 Å². The first-order chi connectivity index (χ1) is 9.97. The maximum Gasteiger partial charge on any atom is 0.319 e. The number of likely N-dealkylation sites (tertiary alicyclic amines) is 1. The van der Waals surface area contributed by atoms with Gasteiger partial charge in [-0.2, -0.15) is 0 Å². The standard InChI is InChI=1S/C14H22ClN3O2S/c1-17(2)14(20)18-7-5-10(6-8-18)16-9-11(19)12-3-4-13(15)21-12/h3-4,10-11,16,19H,5-9H2,1-2H3. The normalized spacial score (nSPS) is 17.8. The molecular weight excluding hydrogens is 310 g/mol. The molecule has 1 aliphatic rings. The first-order valence-corrected chi connectivity index (χ1v) is 8.29. The zero-order chi connectivity index (χ0) is 15.4. The van der Waals surface area contributed by atoms with Crippen molar-refractivity contribution in [3.8, 4) is 0 Å². The second-order valence-electron chi connectivity index (χ2n) is 5.50. The predicted molar refractivity (Wildman–Crippen MR) is 86.0 cm³/mol. The maximum absolute atomic E-state index is 11.8. The largest absolute Gasteiger partial charge is 0.386 e. The third-order valence-corrected chi connectivity index (χ3v) is 5.00. The smallest absolute Gasteiger partial charge is 0.319 e. The number of halogens is 1. The highest BCUT2D eigenvalue weighted by molar-refractivity contribution is 7.16. The summed E-state index contributed by atoms with van der Waals surface area (Å²) in [6.45, 7) is 2.04. The lowest BCUT2D eigenvalue weighted by Crippen LogP contribution is -2.48. The third-order valence-electron chi connectivity index (χ3n) is 3.67. The van der Waals surface area contributed by atoms with Crippen molar-refractivity contribution in [2.45, 2.75) is 25.0 Å². The van der Waals surface area contributed by atoms with Gasteiger partial charge in [0.15, 0.2) is 0 Å². The molecule has 1 aromatic heterocycles. The molecule has 1 saturated heterocycles. The highest BCUT2D eigenvalue weighted by atomic mass is 35.5. The third kappa shape index (κ3) is 4.57. The molecule has 0 saturated carbocycles. The Hall–Kier alpha value is -0.820. The zero-order valence-electron chi connectivity index (χ0n) is 12.4. The molecule has 7 heteroatoms. The summed E-state index contributed by atoms with van der Waals surface area (Å²) < 4.78 is 0.694. The molecule has 0 aromatic carbocycles. The van der Waals surface area contributed by atoms with Gasteiger partial charge < -0.3 is 20.2 Å². The van der Waals surface area contributed by atoms with Crippen molar-refractivity contribution in [2.75, 3.05) is 33.7 Å². The minimum absolute atomic E-state index is 0.0710. The molecule has 1 fully saturated rings. The van der Waals surface area contributed by atoms with E-state index >= 15 is 0 Å². The van der Waals surface area contributed by atoms with E-state index in [1.165, 1.54) is 11.3 Å². The molecule has 5 nitrogen and oxygen atoms in total. The second kappa shape index (κ2) is 7.45. The molecule has 1 atom stereocenters. The number of thiophene rings is 1. The summed E-state index contributed by atoms with van der Waals surface area (Å²) in [6.07, 6.45) is 1.30. The van der Waals surface area contributed by atoms with Crippen LogP contribution < -0.4 is 5.32 Å². The minimum Gasteiger partial charge on any atom is -0.386 e. The topological polar surface area (TPSA) is 55.8 Å². The number of carbonyl (C=O) groups excluding carboxylic acids is 1. The SMILES string of the molecule is CN(C)C(=O)N1CCC(NCC(O)c2ccc(Cl)s2)CC1. The Bertz CT molecular complexity index is 473. The van der Waals surface area contributed by atoms with Gasteiger partial charge in [-0.15, -0.1) is 11.3 Å². The molecule has 21 heavy (non-hydrogen) atoms. The number of aliphatic hydroxyl groups is 1. The van der Waals surface area contributed by atoms with Crippen LogP contribution >= 0.6 is 22.9 Å². The molecule has 0 bridgehead atoms. The van der Waals surface area contributed by atoms with Gasteiger partial charge in [-0.1, -0.05) is 11.6 Å². The Morgan fingerprint density at radius 2 is 2.19 bits per heavy atom. The van der Waals surface area contributed by atoms with Gasteiger partial charge in [-0.05, 0) is 25.0 Å². The number of rotatable bonds is 4. The summed E-state index contributed by atoms with van der Waals surface area (Å²) in [5.41, 5.74) is 0. The quantitative estimate of drug-likeness (QED) is 0.889. The number of carbonyl (C=O) groups is 1. The molecule has 1 aromatic rings. The van der Waals surface area contributed by atoms with Crippen LogP contribution in [-0.4, -0.2) is 60.7 Å². The number of hydrogen-bond acceptors (Lipinski definition) is 4. The van der Waals surface area contributed by atoms with Gasteiger partial charge in [0.25, 0.3) is 0 Å². The molecule has 118 valence electrons. The fraction of sp³-hybridized carbons (Fsp3) is 0.643. The predicted octanol–water partition coefficient (Wildman–Crippen LogP) is 2.17. The average molecular weight is 332 g/mol. The van der Waals surface area contributed by atoms with E-state index < -0.39 is 6.10 Å².